The second kappa shape index (κ2) is 9.27. The second-order valence-electron chi connectivity index (χ2n) is 6.46. The maximum atomic E-state index is 5.74. The zero-order valence-electron chi connectivity index (χ0n) is 15.6. The first-order chi connectivity index (χ1) is 12.8. The van der Waals surface area contributed by atoms with Crippen molar-refractivity contribution in [2.75, 3.05) is 37.0 Å². The van der Waals surface area contributed by atoms with Crippen LogP contribution >= 0.6 is 0 Å². The predicted octanol–water partition coefficient (Wildman–Crippen LogP) is 3.75. The van der Waals surface area contributed by atoms with Gasteiger partial charge in [0.2, 0.25) is 0 Å². The molecule has 1 saturated heterocycles. The monoisotopic (exact) mass is 356 g/mol. The summed E-state index contributed by atoms with van der Waals surface area (Å²) in [6, 6.07) is 10.2. The Morgan fingerprint density at radius 2 is 1.96 bits per heavy atom. The number of aromatic nitrogens is 2. The number of nitrogens with one attached hydrogen (secondary N) is 1. The average molecular weight is 356 g/mol. The first-order valence-corrected chi connectivity index (χ1v) is 9.39. The van der Waals surface area contributed by atoms with Gasteiger partial charge in [0.05, 0.1) is 13.7 Å². The zero-order chi connectivity index (χ0) is 18.2. The highest BCUT2D eigenvalue weighted by Crippen LogP contribution is 2.25. The molecule has 26 heavy (non-hydrogen) atoms. The smallest absolute Gasteiger partial charge is 0.134 e. The predicted molar refractivity (Wildman–Crippen MR) is 104 cm³/mol. The fraction of sp³-hybridized carbons (Fsp3) is 0.500. The summed E-state index contributed by atoms with van der Waals surface area (Å²) in [5, 5.41) is 3.32. The Morgan fingerprint density at radius 3 is 2.73 bits per heavy atom. The van der Waals surface area contributed by atoms with E-state index in [9.17, 15) is 0 Å². The van der Waals surface area contributed by atoms with Crippen molar-refractivity contribution in [1.82, 2.24) is 9.97 Å². The fourth-order valence-corrected chi connectivity index (χ4v) is 3.35. The molecule has 0 amide bonds. The Balaban J connectivity index is 1.50. The molecule has 0 saturated carbocycles. The minimum atomic E-state index is 0.562. The lowest BCUT2D eigenvalue weighted by Gasteiger charge is -2.36. The van der Waals surface area contributed by atoms with Crippen LogP contribution < -0.4 is 19.7 Å². The summed E-state index contributed by atoms with van der Waals surface area (Å²) in [4.78, 5) is 11.2. The highest BCUT2D eigenvalue weighted by molar-refractivity contribution is 5.49. The zero-order valence-corrected chi connectivity index (χ0v) is 15.6. The van der Waals surface area contributed by atoms with Gasteiger partial charge in [0.1, 0.15) is 36.1 Å². The lowest BCUT2D eigenvalue weighted by molar-refractivity contribution is 0.331. The SMILES string of the molecule is CCC1CCCCN1c1cc(NCCOc2ccc(OC)cc2)ncn1. The van der Waals surface area contributed by atoms with E-state index >= 15 is 0 Å². The van der Waals surface area contributed by atoms with Crippen molar-refractivity contribution >= 4 is 11.6 Å². The number of anilines is 2. The number of ether oxygens (including phenoxy) is 2. The van der Waals surface area contributed by atoms with Gasteiger partial charge < -0.3 is 19.7 Å². The van der Waals surface area contributed by atoms with E-state index in [0.29, 0.717) is 19.2 Å². The quantitative estimate of drug-likeness (QED) is 0.727. The Morgan fingerprint density at radius 1 is 1.15 bits per heavy atom. The number of benzene rings is 1. The van der Waals surface area contributed by atoms with E-state index in [-0.39, 0.29) is 0 Å². The fourth-order valence-electron chi connectivity index (χ4n) is 3.35. The maximum absolute atomic E-state index is 5.74. The maximum Gasteiger partial charge on any atom is 0.134 e. The van der Waals surface area contributed by atoms with Gasteiger partial charge in [0.15, 0.2) is 0 Å². The lowest BCUT2D eigenvalue weighted by atomic mass is 10.0. The van der Waals surface area contributed by atoms with E-state index in [4.69, 9.17) is 9.47 Å². The Hall–Kier alpha value is -2.50. The van der Waals surface area contributed by atoms with E-state index < -0.39 is 0 Å². The van der Waals surface area contributed by atoms with Crippen molar-refractivity contribution in [2.24, 2.45) is 0 Å². The number of rotatable bonds is 8. The molecule has 1 aliphatic heterocycles. The number of piperidine rings is 1. The summed E-state index contributed by atoms with van der Waals surface area (Å²) in [6.07, 6.45) is 6.59. The Kier molecular flexibility index (Phi) is 6.52. The van der Waals surface area contributed by atoms with Crippen LogP contribution in [0.1, 0.15) is 32.6 Å². The minimum Gasteiger partial charge on any atom is -0.497 e. The molecule has 0 spiro atoms. The van der Waals surface area contributed by atoms with Gasteiger partial charge in [-0.05, 0) is 49.9 Å². The van der Waals surface area contributed by atoms with Crippen molar-refractivity contribution in [3.05, 3.63) is 36.7 Å². The number of nitrogens with zero attached hydrogens (tertiary/aromatic N) is 3. The van der Waals surface area contributed by atoms with E-state index in [1.165, 1.54) is 19.3 Å². The van der Waals surface area contributed by atoms with Gasteiger partial charge in [-0.2, -0.15) is 0 Å². The molecular weight excluding hydrogens is 328 g/mol. The third-order valence-corrected chi connectivity index (χ3v) is 4.78. The molecule has 1 aliphatic rings. The number of hydrogen-bond donors (Lipinski definition) is 1. The number of methoxy groups -OCH3 is 1. The largest absolute Gasteiger partial charge is 0.497 e. The first-order valence-electron chi connectivity index (χ1n) is 9.39. The van der Waals surface area contributed by atoms with Crippen LogP contribution in [0.15, 0.2) is 36.7 Å². The molecule has 2 aromatic rings. The summed E-state index contributed by atoms with van der Waals surface area (Å²) >= 11 is 0. The summed E-state index contributed by atoms with van der Waals surface area (Å²) in [5.41, 5.74) is 0. The normalized spacial score (nSPS) is 17.0. The van der Waals surface area contributed by atoms with Crippen molar-refractivity contribution in [1.29, 1.82) is 0 Å². The van der Waals surface area contributed by atoms with Crippen LogP contribution in [0.3, 0.4) is 0 Å². The van der Waals surface area contributed by atoms with Gasteiger partial charge in [-0.25, -0.2) is 9.97 Å². The Bertz CT molecular complexity index is 678. The third kappa shape index (κ3) is 4.77. The van der Waals surface area contributed by atoms with Crippen LogP contribution in [0.4, 0.5) is 11.6 Å². The molecule has 1 aromatic carbocycles. The highest BCUT2D eigenvalue weighted by atomic mass is 16.5. The first kappa shape index (κ1) is 18.3. The molecule has 140 valence electrons. The van der Waals surface area contributed by atoms with Crippen LogP contribution in [0.5, 0.6) is 11.5 Å². The van der Waals surface area contributed by atoms with Crippen molar-refractivity contribution < 1.29 is 9.47 Å². The summed E-state index contributed by atoms with van der Waals surface area (Å²) in [7, 11) is 1.66. The molecule has 0 radical (unpaired) electrons. The van der Waals surface area contributed by atoms with Crippen molar-refractivity contribution in [3.63, 3.8) is 0 Å². The van der Waals surface area contributed by atoms with Crippen LogP contribution in [-0.2, 0) is 0 Å². The van der Waals surface area contributed by atoms with E-state index in [1.54, 1.807) is 13.4 Å². The molecule has 6 nitrogen and oxygen atoms in total. The highest BCUT2D eigenvalue weighted by Gasteiger charge is 2.22. The van der Waals surface area contributed by atoms with E-state index in [2.05, 4.69) is 27.1 Å². The van der Waals surface area contributed by atoms with Crippen molar-refractivity contribution in [3.8, 4) is 11.5 Å². The van der Waals surface area contributed by atoms with Gasteiger partial charge in [0, 0.05) is 18.7 Å². The van der Waals surface area contributed by atoms with Crippen molar-refractivity contribution in [2.45, 2.75) is 38.6 Å². The van der Waals surface area contributed by atoms with Crippen LogP contribution in [-0.4, -0.2) is 42.8 Å². The third-order valence-electron chi connectivity index (χ3n) is 4.78. The Labute approximate surface area is 155 Å². The average Bonchev–Trinajstić information content (AvgIpc) is 2.72. The summed E-state index contributed by atoms with van der Waals surface area (Å²) < 4.78 is 10.9. The molecule has 2 heterocycles. The molecule has 3 rings (SSSR count). The molecule has 6 heteroatoms. The lowest BCUT2D eigenvalue weighted by Crippen LogP contribution is -2.39. The molecule has 0 aliphatic carbocycles. The minimum absolute atomic E-state index is 0.562. The van der Waals surface area contributed by atoms with Crippen LogP contribution in [0.25, 0.3) is 0 Å². The van der Waals surface area contributed by atoms with Crippen LogP contribution in [0, 0.1) is 0 Å². The van der Waals surface area contributed by atoms with Gasteiger partial charge >= 0.3 is 0 Å². The summed E-state index contributed by atoms with van der Waals surface area (Å²) in [5.74, 6) is 3.51. The molecule has 1 fully saturated rings. The van der Waals surface area contributed by atoms with Gasteiger partial charge in [-0.3, -0.25) is 0 Å². The van der Waals surface area contributed by atoms with Gasteiger partial charge in [-0.15, -0.1) is 0 Å². The summed E-state index contributed by atoms with van der Waals surface area (Å²) in [6.45, 7) is 4.57. The van der Waals surface area contributed by atoms with E-state index in [1.807, 2.05) is 30.3 Å². The van der Waals surface area contributed by atoms with Gasteiger partial charge in [0.25, 0.3) is 0 Å². The molecule has 1 atom stereocenters. The second-order valence-corrected chi connectivity index (χ2v) is 6.46. The van der Waals surface area contributed by atoms with Gasteiger partial charge in [-0.1, -0.05) is 6.92 Å². The molecule has 1 N–H and O–H groups in total. The molecule has 0 bridgehead atoms. The molecule has 1 aromatic heterocycles. The molecular formula is C20H28N4O2. The number of hydrogen-bond acceptors (Lipinski definition) is 6. The molecule has 1 unspecified atom stereocenters. The standard InChI is InChI=1S/C20H28N4O2/c1-3-16-6-4-5-12-24(16)20-14-19(22-15-23-20)21-11-13-26-18-9-7-17(25-2)8-10-18/h7-10,14-16H,3-6,11-13H2,1-2H3,(H,21,22,23). The van der Waals surface area contributed by atoms with E-state index in [0.717, 1.165) is 36.1 Å². The topological polar surface area (TPSA) is 59.5 Å². The van der Waals surface area contributed by atoms with Crippen LogP contribution in [0.2, 0.25) is 0 Å².